The number of amides is 1. The number of aromatic nitrogens is 1. The molecule has 1 amide bonds. The van der Waals surface area contributed by atoms with Gasteiger partial charge in [0.2, 0.25) is 0 Å². The van der Waals surface area contributed by atoms with Gasteiger partial charge in [0.25, 0.3) is 11.6 Å². The summed E-state index contributed by atoms with van der Waals surface area (Å²) in [6.07, 6.45) is 4.41. The van der Waals surface area contributed by atoms with Crippen LogP contribution in [-0.2, 0) is 9.59 Å². The first kappa shape index (κ1) is 25.5. The van der Waals surface area contributed by atoms with Gasteiger partial charge < -0.3 is 0 Å². The second kappa shape index (κ2) is 9.01. The van der Waals surface area contributed by atoms with E-state index in [9.17, 15) is 24.5 Å². The van der Waals surface area contributed by atoms with Gasteiger partial charge in [0.15, 0.2) is 11.6 Å². The molecule has 1 aliphatic heterocycles. The summed E-state index contributed by atoms with van der Waals surface area (Å²) in [6, 6.07) is 9.48. The summed E-state index contributed by atoms with van der Waals surface area (Å²) in [6.45, 7) is 7.93. The van der Waals surface area contributed by atoms with Crippen LogP contribution in [0.5, 0.6) is 0 Å². The number of rotatable bonds is 4. The smallest absolute Gasteiger partial charge is 0.273 e. The second-order valence-electron chi connectivity index (χ2n) is 11.9. The maximum Gasteiger partial charge on any atom is 0.273 e. The molecule has 5 rings (SSSR count). The summed E-state index contributed by atoms with van der Waals surface area (Å²) in [5.74, 6) is -1.62. The molecule has 0 bridgehead atoms. The zero-order valence-corrected chi connectivity index (χ0v) is 21.9. The predicted molar refractivity (Wildman–Crippen MR) is 139 cm³/mol. The van der Waals surface area contributed by atoms with E-state index in [4.69, 9.17) is 0 Å². The van der Waals surface area contributed by atoms with E-state index in [1.807, 2.05) is 27.7 Å². The van der Waals surface area contributed by atoms with E-state index in [1.54, 1.807) is 35.3 Å². The number of hydrogen-bond donors (Lipinski definition) is 1. The van der Waals surface area contributed by atoms with Crippen LogP contribution in [0.15, 0.2) is 71.3 Å². The van der Waals surface area contributed by atoms with Gasteiger partial charge in [0.05, 0.1) is 10.8 Å². The van der Waals surface area contributed by atoms with Crippen molar-refractivity contribution in [3.63, 3.8) is 0 Å². The Kier molecular flexibility index (Phi) is 6.04. The molecule has 38 heavy (non-hydrogen) atoms. The van der Waals surface area contributed by atoms with Crippen molar-refractivity contribution < 1.29 is 19.3 Å². The maximum absolute atomic E-state index is 13.8. The lowest BCUT2D eigenvalue weighted by atomic mass is 9.64. The van der Waals surface area contributed by atoms with Crippen LogP contribution in [0, 0.1) is 20.9 Å². The quantitative estimate of drug-likeness (QED) is 0.449. The SMILES string of the molecule is CC1(C)CC(=O)C2=C(C1)N(NC(=O)c1ccncc1)C1=C(C(=O)CC(C)(C)C1)C2c1ccccc1[N+](=O)[O-]. The Morgan fingerprint density at radius 1 is 0.921 bits per heavy atom. The third-order valence-corrected chi connectivity index (χ3v) is 7.51. The number of para-hydroxylation sites is 1. The van der Waals surface area contributed by atoms with Gasteiger partial charge in [-0.1, -0.05) is 45.9 Å². The highest BCUT2D eigenvalue weighted by molar-refractivity contribution is 6.07. The molecule has 196 valence electrons. The topological polar surface area (TPSA) is 123 Å². The van der Waals surface area contributed by atoms with Crippen LogP contribution in [-0.4, -0.2) is 32.4 Å². The predicted octanol–water partition coefficient (Wildman–Crippen LogP) is 5.02. The fourth-order valence-corrected chi connectivity index (χ4v) is 5.98. The first-order chi connectivity index (χ1) is 17.9. The molecule has 0 fully saturated rings. The minimum absolute atomic E-state index is 0.138. The molecular formula is C29H30N4O5. The lowest BCUT2D eigenvalue weighted by Crippen LogP contribution is -2.50. The summed E-state index contributed by atoms with van der Waals surface area (Å²) in [7, 11) is 0. The first-order valence-corrected chi connectivity index (χ1v) is 12.7. The van der Waals surface area contributed by atoms with Crippen LogP contribution < -0.4 is 5.43 Å². The van der Waals surface area contributed by atoms with Gasteiger partial charge in [-0.3, -0.25) is 39.9 Å². The number of allylic oxidation sites excluding steroid dienone is 4. The summed E-state index contributed by atoms with van der Waals surface area (Å²) in [5, 5.41) is 13.7. The van der Waals surface area contributed by atoms with Crippen molar-refractivity contribution in [2.24, 2.45) is 10.8 Å². The number of carbonyl (C=O) groups excluding carboxylic acids is 3. The molecular weight excluding hydrogens is 484 g/mol. The van der Waals surface area contributed by atoms with Crippen molar-refractivity contribution in [3.05, 3.63) is 92.6 Å². The summed E-state index contributed by atoms with van der Waals surface area (Å²) in [5.41, 5.74) is 4.58. The van der Waals surface area contributed by atoms with Crippen molar-refractivity contribution in [2.75, 3.05) is 0 Å². The standard InChI is InChI=1S/C29H30N4O5/c1-28(2)13-20-25(22(34)15-28)24(18-7-5-6-8-19(18)33(37)38)26-21(14-29(3,4)16-23(26)35)32(20)31-27(36)17-9-11-30-12-10-17/h5-12,24H,13-16H2,1-4H3,(H,31,36). The number of nitrogens with zero attached hydrogens (tertiary/aromatic N) is 3. The molecule has 9 heteroatoms. The van der Waals surface area contributed by atoms with E-state index >= 15 is 0 Å². The molecule has 0 spiro atoms. The van der Waals surface area contributed by atoms with Crippen LogP contribution in [0.3, 0.4) is 0 Å². The number of nitro groups is 1. The van der Waals surface area contributed by atoms with Crippen LogP contribution in [0.4, 0.5) is 5.69 Å². The monoisotopic (exact) mass is 514 g/mol. The van der Waals surface area contributed by atoms with Gasteiger partial charge in [-0.05, 0) is 35.8 Å². The Bertz CT molecular complexity index is 1380. The minimum Gasteiger partial charge on any atom is -0.294 e. The molecule has 3 aliphatic rings. The molecule has 0 saturated heterocycles. The number of hydrazine groups is 1. The van der Waals surface area contributed by atoms with E-state index in [2.05, 4.69) is 10.4 Å². The normalized spacial score (nSPS) is 20.7. The van der Waals surface area contributed by atoms with E-state index in [-0.39, 0.29) is 30.1 Å². The van der Waals surface area contributed by atoms with E-state index in [0.29, 0.717) is 46.5 Å². The molecule has 2 heterocycles. The molecule has 0 unspecified atom stereocenters. The van der Waals surface area contributed by atoms with Crippen LogP contribution in [0.2, 0.25) is 0 Å². The molecule has 1 N–H and O–H groups in total. The highest BCUT2D eigenvalue weighted by atomic mass is 16.6. The Morgan fingerprint density at radius 2 is 1.45 bits per heavy atom. The van der Waals surface area contributed by atoms with Crippen molar-refractivity contribution in [2.45, 2.75) is 59.3 Å². The number of Topliss-reactive ketones (excluding diaryl/α,β-unsaturated/α-hetero) is 2. The molecule has 2 aromatic rings. The largest absolute Gasteiger partial charge is 0.294 e. The number of nitrogens with one attached hydrogen (secondary N) is 1. The van der Waals surface area contributed by atoms with Crippen molar-refractivity contribution in [1.82, 2.24) is 15.4 Å². The third-order valence-electron chi connectivity index (χ3n) is 7.51. The molecule has 0 radical (unpaired) electrons. The zero-order valence-electron chi connectivity index (χ0n) is 21.9. The Balaban J connectivity index is 1.77. The summed E-state index contributed by atoms with van der Waals surface area (Å²) in [4.78, 5) is 56.5. The maximum atomic E-state index is 13.8. The number of nitro benzene ring substituents is 1. The zero-order chi connectivity index (χ0) is 27.4. The number of benzene rings is 1. The van der Waals surface area contributed by atoms with Gasteiger partial charge in [-0.15, -0.1) is 0 Å². The number of hydrogen-bond acceptors (Lipinski definition) is 7. The van der Waals surface area contributed by atoms with Crippen LogP contribution in [0.1, 0.15) is 75.2 Å². The molecule has 0 atom stereocenters. The molecule has 0 saturated carbocycles. The van der Waals surface area contributed by atoms with Gasteiger partial charge in [-0.25, -0.2) is 0 Å². The number of pyridine rings is 1. The number of ketones is 2. The summed E-state index contributed by atoms with van der Waals surface area (Å²) < 4.78 is 0. The van der Waals surface area contributed by atoms with Gasteiger partial charge in [-0.2, -0.15) is 0 Å². The minimum atomic E-state index is -0.872. The highest BCUT2D eigenvalue weighted by Gasteiger charge is 2.50. The molecule has 1 aromatic carbocycles. The highest BCUT2D eigenvalue weighted by Crippen LogP contribution is 2.54. The first-order valence-electron chi connectivity index (χ1n) is 12.7. The molecule has 1 aromatic heterocycles. The Hall–Kier alpha value is -4.14. The average Bonchev–Trinajstić information content (AvgIpc) is 2.83. The van der Waals surface area contributed by atoms with E-state index in [1.165, 1.54) is 18.5 Å². The van der Waals surface area contributed by atoms with Crippen molar-refractivity contribution >= 4 is 23.2 Å². The molecule has 2 aliphatic carbocycles. The Labute approximate surface area is 220 Å². The van der Waals surface area contributed by atoms with Crippen LogP contribution >= 0.6 is 0 Å². The van der Waals surface area contributed by atoms with Crippen molar-refractivity contribution in [1.29, 1.82) is 0 Å². The van der Waals surface area contributed by atoms with E-state index < -0.39 is 27.6 Å². The fourth-order valence-electron chi connectivity index (χ4n) is 5.98. The van der Waals surface area contributed by atoms with Gasteiger partial charge in [0.1, 0.15) is 0 Å². The van der Waals surface area contributed by atoms with Gasteiger partial charge >= 0.3 is 0 Å². The fraction of sp³-hybridized carbons (Fsp3) is 0.379. The van der Waals surface area contributed by atoms with E-state index in [0.717, 1.165) is 0 Å². The van der Waals surface area contributed by atoms with Crippen molar-refractivity contribution in [3.8, 4) is 0 Å². The van der Waals surface area contributed by atoms with Gasteiger partial charge in [0, 0.05) is 65.0 Å². The average molecular weight is 515 g/mol. The number of carbonyl (C=O) groups is 3. The lowest BCUT2D eigenvalue weighted by molar-refractivity contribution is -0.385. The van der Waals surface area contributed by atoms with Crippen LogP contribution in [0.25, 0.3) is 0 Å². The third kappa shape index (κ3) is 4.42. The second-order valence-corrected chi connectivity index (χ2v) is 11.9. The lowest BCUT2D eigenvalue weighted by Gasteiger charge is -2.48. The Morgan fingerprint density at radius 3 is 1.97 bits per heavy atom. The summed E-state index contributed by atoms with van der Waals surface area (Å²) >= 11 is 0. The molecule has 9 nitrogen and oxygen atoms in total.